The van der Waals surface area contributed by atoms with E-state index in [4.69, 9.17) is 0 Å². The summed E-state index contributed by atoms with van der Waals surface area (Å²) in [7, 11) is 0. The van der Waals surface area contributed by atoms with Crippen molar-refractivity contribution in [1.82, 2.24) is 14.5 Å². The van der Waals surface area contributed by atoms with Crippen LogP contribution in [0.25, 0.3) is 0 Å². The molecule has 2 aromatic heterocycles. The van der Waals surface area contributed by atoms with Gasteiger partial charge in [-0.3, -0.25) is 14.2 Å². The maximum atomic E-state index is 12.6. The Morgan fingerprint density at radius 3 is 3.14 bits per heavy atom. The number of thioether (sulfide) groups is 1. The molecule has 0 saturated heterocycles. The number of fused-ring (bicyclic) bond motifs is 2. The van der Waals surface area contributed by atoms with E-state index in [1.807, 2.05) is 0 Å². The van der Waals surface area contributed by atoms with Crippen molar-refractivity contribution in [2.75, 3.05) is 12.3 Å². The Morgan fingerprint density at radius 1 is 1.33 bits per heavy atom. The second-order valence-electron chi connectivity index (χ2n) is 5.11. The number of nitrogens with zero attached hydrogens (tertiary/aromatic N) is 3. The summed E-state index contributed by atoms with van der Waals surface area (Å²) in [4.78, 5) is 32.4. The van der Waals surface area contributed by atoms with Gasteiger partial charge in [-0.2, -0.15) is 0 Å². The lowest BCUT2D eigenvalue weighted by molar-refractivity contribution is 0.0732. The maximum Gasteiger partial charge on any atom is 0.267 e. The molecule has 2 aliphatic rings. The second-order valence-corrected chi connectivity index (χ2v) is 7.17. The van der Waals surface area contributed by atoms with E-state index in [0.717, 1.165) is 17.3 Å². The van der Waals surface area contributed by atoms with Crippen LogP contribution in [-0.2, 0) is 19.5 Å². The monoisotopic (exact) mass is 319 g/mol. The second kappa shape index (κ2) is 4.99. The van der Waals surface area contributed by atoms with E-state index in [2.05, 4.69) is 16.4 Å². The molecule has 108 valence electrons. The molecule has 1 amide bonds. The first kappa shape index (κ1) is 13.1. The van der Waals surface area contributed by atoms with Gasteiger partial charge in [-0.05, 0) is 23.4 Å². The summed E-state index contributed by atoms with van der Waals surface area (Å²) in [5.41, 5.74) is 1.19. The van der Waals surface area contributed by atoms with E-state index < -0.39 is 0 Å². The summed E-state index contributed by atoms with van der Waals surface area (Å²) in [6.07, 6.45) is 2.31. The quantitative estimate of drug-likeness (QED) is 0.749. The third kappa shape index (κ3) is 2.11. The molecular weight excluding hydrogens is 306 g/mol. The SMILES string of the molecule is O=C(c1cnc2n(c1=O)CCS2)N1CCc2sccc2C1. The topological polar surface area (TPSA) is 55.2 Å². The fourth-order valence-electron chi connectivity index (χ4n) is 2.76. The van der Waals surface area contributed by atoms with Crippen LogP contribution >= 0.6 is 23.1 Å². The highest BCUT2D eigenvalue weighted by molar-refractivity contribution is 7.99. The first-order valence-electron chi connectivity index (χ1n) is 6.81. The summed E-state index contributed by atoms with van der Waals surface area (Å²) >= 11 is 3.29. The van der Waals surface area contributed by atoms with Crippen LogP contribution in [0.1, 0.15) is 20.8 Å². The molecule has 0 spiro atoms. The molecule has 0 bridgehead atoms. The molecule has 0 aromatic carbocycles. The zero-order valence-electron chi connectivity index (χ0n) is 11.2. The molecule has 0 N–H and O–H groups in total. The van der Waals surface area contributed by atoms with E-state index in [1.165, 1.54) is 16.6 Å². The molecule has 0 radical (unpaired) electrons. The highest BCUT2D eigenvalue weighted by atomic mass is 32.2. The van der Waals surface area contributed by atoms with Gasteiger partial charge in [0.25, 0.3) is 11.5 Å². The van der Waals surface area contributed by atoms with Crippen molar-refractivity contribution in [3.63, 3.8) is 0 Å². The van der Waals surface area contributed by atoms with Crippen LogP contribution < -0.4 is 5.56 Å². The lowest BCUT2D eigenvalue weighted by Gasteiger charge is -2.26. The maximum absolute atomic E-state index is 12.6. The van der Waals surface area contributed by atoms with Gasteiger partial charge in [0.2, 0.25) is 0 Å². The largest absolute Gasteiger partial charge is 0.334 e. The Bertz CT molecular complexity index is 781. The van der Waals surface area contributed by atoms with Crippen molar-refractivity contribution in [1.29, 1.82) is 0 Å². The minimum Gasteiger partial charge on any atom is -0.334 e. The summed E-state index contributed by atoms with van der Waals surface area (Å²) < 4.78 is 1.61. The molecule has 0 atom stereocenters. The first-order valence-corrected chi connectivity index (χ1v) is 8.68. The van der Waals surface area contributed by atoms with Crippen molar-refractivity contribution in [3.8, 4) is 0 Å². The average molecular weight is 319 g/mol. The van der Waals surface area contributed by atoms with Crippen molar-refractivity contribution in [3.05, 3.63) is 44.0 Å². The zero-order valence-corrected chi connectivity index (χ0v) is 12.9. The van der Waals surface area contributed by atoms with Crippen molar-refractivity contribution in [2.24, 2.45) is 0 Å². The van der Waals surface area contributed by atoms with E-state index >= 15 is 0 Å². The van der Waals surface area contributed by atoms with Gasteiger partial charge in [0.1, 0.15) is 5.56 Å². The summed E-state index contributed by atoms with van der Waals surface area (Å²) in [6, 6.07) is 2.06. The Labute approximate surface area is 129 Å². The molecule has 4 rings (SSSR count). The smallest absolute Gasteiger partial charge is 0.267 e. The van der Waals surface area contributed by atoms with Crippen molar-refractivity contribution >= 4 is 29.0 Å². The Morgan fingerprint density at radius 2 is 2.24 bits per heavy atom. The number of hydrogen-bond acceptors (Lipinski definition) is 5. The molecule has 7 heteroatoms. The molecule has 5 nitrogen and oxygen atoms in total. The van der Waals surface area contributed by atoms with E-state index in [-0.39, 0.29) is 17.0 Å². The fourth-order valence-corrected chi connectivity index (χ4v) is 4.56. The molecular formula is C14H13N3O2S2. The molecule has 2 aliphatic heterocycles. The van der Waals surface area contributed by atoms with Crippen LogP contribution in [0, 0.1) is 0 Å². The number of aromatic nitrogens is 2. The average Bonchev–Trinajstić information content (AvgIpc) is 3.15. The summed E-state index contributed by atoms with van der Waals surface area (Å²) in [6.45, 7) is 1.90. The normalized spacial score (nSPS) is 16.7. The van der Waals surface area contributed by atoms with E-state index in [9.17, 15) is 9.59 Å². The van der Waals surface area contributed by atoms with E-state index in [0.29, 0.717) is 19.6 Å². The number of carbonyl (C=O) groups is 1. The van der Waals surface area contributed by atoms with Crippen LogP contribution in [0.4, 0.5) is 0 Å². The number of amides is 1. The third-order valence-corrected chi connectivity index (χ3v) is 5.88. The minimum atomic E-state index is -0.203. The molecule has 0 unspecified atom stereocenters. The fraction of sp³-hybridized carbons (Fsp3) is 0.357. The standard InChI is InChI=1S/C14H13N3O2S2/c18-12(16-3-1-11-9(8-16)2-5-20-11)10-7-15-14-17(13(10)19)4-6-21-14/h2,5,7H,1,3-4,6,8H2. The molecule has 2 aromatic rings. The van der Waals surface area contributed by atoms with Crippen LogP contribution in [0.2, 0.25) is 0 Å². The van der Waals surface area contributed by atoms with Gasteiger partial charge in [-0.15, -0.1) is 11.3 Å². The first-order chi connectivity index (χ1) is 10.2. The number of rotatable bonds is 1. The molecule has 21 heavy (non-hydrogen) atoms. The Hall–Kier alpha value is -1.60. The lowest BCUT2D eigenvalue weighted by atomic mass is 10.1. The molecule has 0 fully saturated rings. The van der Waals surface area contributed by atoms with Crippen molar-refractivity contribution < 1.29 is 4.79 Å². The molecule has 0 saturated carbocycles. The number of carbonyl (C=O) groups excluding carboxylic acids is 1. The molecule has 4 heterocycles. The zero-order chi connectivity index (χ0) is 14.4. The number of hydrogen-bond donors (Lipinski definition) is 0. The van der Waals surface area contributed by atoms with Crippen LogP contribution in [0.15, 0.2) is 27.6 Å². The van der Waals surface area contributed by atoms with Crippen molar-refractivity contribution in [2.45, 2.75) is 24.7 Å². The van der Waals surface area contributed by atoms with Crippen LogP contribution in [0.5, 0.6) is 0 Å². The predicted molar refractivity (Wildman–Crippen MR) is 82.0 cm³/mol. The van der Waals surface area contributed by atoms with Gasteiger partial charge in [0.05, 0.1) is 0 Å². The third-order valence-electron chi connectivity index (χ3n) is 3.88. The van der Waals surface area contributed by atoms with Crippen LogP contribution in [-0.4, -0.2) is 32.7 Å². The predicted octanol–water partition coefficient (Wildman–Crippen LogP) is 1.61. The number of thiophene rings is 1. The van der Waals surface area contributed by atoms with Gasteiger partial charge in [0.15, 0.2) is 5.16 Å². The van der Waals surface area contributed by atoms with Gasteiger partial charge in [-0.25, -0.2) is 4.98 Å². The summed E-state index contributed by atoms with van der Waals surface area (Å²) in [5.74, 6) is 0.651. The Balaban J connectivity index is 1.66. The van der Waals surface area contributed by atoms with E-state index in [1.54, 1.807) is 32.6 Å². The van der Waals surface area contributed by atoms with Gasteiger partial charge in [0, 0.05) is 36.5 Å². The van der Waals surface area contributed by atoms with Crippen LogP contribution in [0.3, 0.4) is 0 Å². The summed E-state index contributed by atoms with van der Waals surface area (Å²) in [5, 5.41) is 2.78. The minimum absolute atomic E-state index is 0.194. The highest BCUT2D eigenvalue weighted by Gasteiger charge is 2.26. The van der Waals surface area contributed by atoms with Gasteiger partial charge in [-0.1, -0.05) is 11.8 Å². The highest BCUT2D eigenvalue weighted by Crippen LogP contribution is 2.25. The van der Waals surface area contributed by atoms with Gasteiger partial charge < -0.3 is 4.90 Å². The Kier molecular flexibility index (Phi) is 3.11. The van der Waals surface area contributed by atoms with Gasteiger partial charge >= 0.3 is 0 Å². The lowest BCUT2D eigenvalue weighted by Crippen LogP contribution is -2.39. The molecule has 0 aliphatic carbocycles.